The SMILES string of the molecule is CCCNC(c1cc(Br)c(Br)s1)c1c(Br)nnn1C. The molecule has 4 nitrogen and oxygen atoms in total. The van der Waals surface area contributed by atoms with Gasteiger partial charge in [-0.15, -0.1) is 16.4 Å². The molecule has 0 aromatic carbocycles. The molecule has 0 amide bonds. The number of nitrogens with one attached hydrogen (secondary N) is 1. The molecule has 0 aliphatic heterocycles. The van der Waals surface area contributed by atoms with Crippen molar-refractivity contribution in [3.05, 3.63) is 29.5 Å². The second kappa shape index (κ2) is 6.80. The maximum atomic E-state index is 4.07. The second-order valence-electron chi connectivity index (χ2n) is 4.05. The van der Waals surface area contributed by atoms with Crippen molar-refractivity contribution in [1.29, 1.82) is 0 Å². The van der Waals surface area contributed by atoms with E-state index in [1.54, 1.807) is 16.0 Å². The van der Waals surface area contributed by atoms with Gasteiger partial charge in [-0.3, -0.25) is 0 Å². The van der Waals surface area contributed by atoms with Crippen molar-refractivity contribution in [1.82, 2.24) is 20.3 Å². The molecule has 2 aromatic rings. The number of nitrogens with zero attached hydrogens (tertiary/aromatic N) is 3. The molecule has 0 radical (unpaired) electrons. The van der Waals surface area contributed by atoms with Gasteiger partial charge in [-0.05, 0) is 66.8 Å². The number of aromatic nitrogens is 3. The molecule has 0 spiro atoms. The summed E-state index contributed by atoms with van der Waals surface area (Å²) in [5.74, 6) is 0. The minimum atomic E-state index is 0.0851. The Morgan fingerprint density at radius 1 is 1.42 bits per heavy atom. The molecular weight excluding hydrogens is 460 g/mol. The third-order valence-corrected chi connectivity index (χ3v) is 6.53. The van der Waals surface area contributed by atoms with Gasteiger partial charge in [0.1, 0.15) is 0 Å². The van der Waals surface area contributed by atoms with Crippen molar-refractivity contribution in [3.63, 3.8) is 0 Å². The van der Waals surface area contributed by atoms with Gasteiger partial charge in [0.15, 0.2) is 4.60 Å². The van der Waals surface area contributed by atoms with Crippen LogP contribution in [0.1, 0.15) is 30.0 Å². The van der Waals surface area contributed by atoms with Gasteiger partial charge in [0.2, 0.25) is 0 Å². The van der Waals surface area contributed by atoms with E-state index in [9.17, 15) is 0 Å². The van der Waals surface area contributed by atoms with Gasteiger partial charge in [-0.25, -0.2) is 4.68 Å². The highest BCUT2D eigenvalue weighted by atomic mass is 79.9. The van der Waals surface area contributed by atoms with E-state index in [-0.39, 0.29) is 6.04 Å². The summed E-state index contributed by atoms with van der Waals surface area (Å²) in [5, 5.41) is 11.7. The van der Waals surface area contributed by atoms with Gasteiger partial charge < -0.3 is 5.32 Å². The molecule has 2 rings (SSSR count). The summed E-state index contributed by atoms with van der Waals surface area (Å²) in [4.78, 5) is 1.22. The normalized spacial score (nSPS) is 12.9. The summed E-state index contributed by atoms with van der Waals surface area (Å²) < 4.78 is 4.75. The van der Waals surface area contributed by atoms with Crippen LogP contribution in [0, 0.1) is 0 Å². The minimum Gasteiger partial charge on any atom is -0.304 e. The molecule has 0 bridgehead atoms. The largest absolute Gasteiger partial charge is 0.304 e. The molecule has 1 atom stereocenters. The topological polar surface area (TPSA) is 42.7 Å². The molecule has 2 aromatic heterocycles. The average molecular weight is 473 g/mol. The summed E-state index contributed by atoms with van der Waals surface area (Å²) in [6.07, 6.45) is 1.08. The Labute approximate surface area is 141 Å². The van der Waals surface area contributed by atoms with E-state index in [0.717, 1.165) is 31.5 Å². The van der Waals surface area contributed by atoms with Crippen LogP contribution in [0.25, 0.3) is 0 Å². The number of rotatable bonds is 5. The van der Waals surface area contributed by atoms with Crippen LogP contribution in [-0.4, -0.2) is 21.5 Å². The molecule has 1 N–H and O–H groups in total. The van der Waals surface area contributed by atoms with Gasteiger partial charge in [0, 0.05) is 16.4 Å². The Morgan fingerprint density at radius 3 is 2.63 bits per heavy atom. The van der Waals surface area contributed by atoms with Crippen LogP contribution in [0.2, 0.25) is 0 Å². The van der Waals surface area contributed by atoms with E-state index in [0.29, 0.717) is 0 Å². The zero-order valence-corrected chi connectivity index (χ0v) is 16.0. The van der Waals surface area contributed by atoms with Crippen LogP contribution in [0.15, 0.2) is 18.9 Å². The first-order valence-electron chi connectivity index (χ1n) is 5.77. The molecule has 8 heteroatoms. The highest BCUT2D eigenvalue weighted by Gasteiger charge is 2.23. The lowest BCUT2D eigenvalue weighted by Crippen LogP contribution is -2.24. The quantitative estimate of drug-likeness (QED) is 0.707. The highest BCUT2D eigenvalue weighted by molar-refractivity contribution is 9.13. The van der Waals surface area contributed by atoms with Crippen molar-refractivity contribution in [3.8, 4) is 0 Å². The smallest absolute Gasteiger partial charge is 0.153 e. The van der Waals surface area contributed by atoms with Crippen molar-refractivity contribution >= 4 is 59.1 Å². The third kappa shape index (κ3) is 3.47. The van der Waals surface area contributed by atoms with Gasteiger partial charge in [-0.1, -0.05) is 12.1 Å². The van der Waals surface area contributed by atoms with E-state index in [1.807, 2.05) is 7.05 Å². The fraction of sp³-hybridized carbons (Fsp3) is 0.455. The first-order chi connectivity index (χ1) is 9.04. The van der Waals surface area contributed by atoms with Crippen LogP contribution < -0.4 is 5.32 Å². The van der Waals surface area contributed by atoms with Crippen LogP contribution in [0.5, 0.6) is 0 Å². The molecule has 2 heterocycles. The Kier molecular flexibility index (Phi) is 5.59. The lowest BCUT2D eigenvalue weighted by Gasteiger charge is -2.17. The number of hydrogen-bond acceptors (Lipinski definition) is 4. The number of thiophene rings is 1. The van der Waals surface area contributed by atoms with Crippen molar-refractivity contribution in [2.45, 2.75) is 19.4 Å². The van der Waals surface area contributed by atoms with E-state index in [1.165, 1.54) is 4.88 Å². The molecule has 0 saturated carbocycles. The predicted molar refractivity (Wildman–Crippen MR) is 88.6 cm³/mol. The number of halogens is 3. The Bertz CT molecular complexity index is 527. The minimum absolute atomic E-state index is 0.0851. The summed E-state index contributed by atoms with van der Waals surface area (Å²) >= 11 is 12.3. The first kappa shape index (κ1) is 15.6. The molecule has 0 aliphatic carbocycles. The third-order valence-electron chi connectivity index (χ3n) is 2.65. The van der Waals surface area contributed by atoms with Crippen molar-refractivity contribution < 1.29 is 0 Å². The molecule has 0 aliphatic rings. The van der Waals surface area contributed by atoms with E-state index in [2.05, 4.69) is 76.4 Å². The number of hydrogen-bond donors (Lipinski definition) is 1. The number of aryl methyl sites for hydroxylation is 1. The maximum Gasteiger partial charge on any atom is 0.153 e. The van der Waals surface area contributed by atoms with Gasteiger partial charge in [0.25, 0.3) is 0 Å². The lowest BCUT2D eigenvalue weighted by atomic mass is 10.1. The van der Waals surface area contributed by atoms with Crippen LogP contribution in [0.4, 0.5) is 0 Å². The zero-order valence-electron chi connectivity index (χ0n) is 10.5. The second-order valence-corrected chi connectivity index (χ2v) is 8.05. The van der Waals surface area contributed by atoms with Crippen molar-refractivity contribution in [2.75, 3.05) is 6.54 Å². The van der Waals surface area contributed by atoms with Crippen LogP contribution >= 0.6 is 59.1 Å². The molecule has 19 heavy (non-hydrogen) atoms. The van der Waals surface area contributed by atoms with E-state index < -0.39 is 0 Å². The summed E-state index contributed by atoms with van der Waals surface area (Å²) in [6.45, 7) is 3.09. The summed E-state index contributed by atoms with van der Waals surface area (Å²) in [7, 11) is 1.91. The molecular formula is C11H13Br3N4S. The fourth-order valence-corrected chi connectivity index (χ4v) is 4.50. The Morgan fingerprint density at radius 2 is 2.16 bits per heavy atom. The summed E-state index contributed by atoms with van der Waals surface area (Å²) in [6, 6.07) is 2.21. The van der Waals surface area contributed by atoms with Gasteiger partial charge >= 0.3 is 0 Å². The van der Waals surface area contributed by atoms with Crippen molar-refractivity contribution in [2.24, 2.45) is 7.05 Å². The zero-order chi connectivity index (χ0) is 14.0. The Balaban J connectivity index is 2.41. The van der Waals surface area contributed by atoms with Crippen LogP contribution in [-0.2, 0) is 7.05 Å². The van der Waals surface area contributed by atoms with Gasteiger partial charge in [-0.2, -0.15) is 0 Å². The fourth-order valence-electron chi connectivity index (χ4n) is 1.77. The Hall–Kier alpha value is 0.240. The monoisotopic (exact) mass is 470 g/mol. The predicted octanol–water partition coefficient (Wildman–Crippen LogP) is 4.25. The standard InChI is InChI=1S/C11H13Br3N4S/c1-3-4-15-8(7-5-6(12)11(14)19-7)9-10(13)16-17-18(9)2/h5,8,15H,3-4H2,1-2H3. The van der Waals surface area contributed by atoms with Crippen LogP contribution in [0.3, 0.4) is 0 Å². The first-order valence-corrected chi connectivity index (χ1v) is 8.97. The van der Waals surface area contributed by atoms with E-state index >= 15 is 0 Å². The molecule has 0 saturated heterocycles. The lowest BCUT2D eigenvalue weighted by molar-refractivity contribution is 0.555. The molecule has 0 fully saturated rings. The maximum absolute atomic E-state index is 4.07. The van der Waals surface area contributed by atoms with E-state index in [4.69, 9.17) is 0 Å². The highest BCUT2D eigenvalue weighted by Crippen LogP contribution is 2.38. The molecule has 104 valence electrons. The molecule has 1 unspecified atom stereocenters. The average Bonchev–Trinajstić information content (AvgIpc) is 2.86. The summed E-state index contributed by atoms with van der Waals surface area (Å²) in [5.41, 5.74) is 1.04. The van der Waals surface area contributed by atoms with Gasteiger partial charge in [0.05, 0.1) is 15.5 Å².